The van der Waals surface area contributed by atoms with Crippen molar-refractivity contribution in [2.75, 3.05) is 6.54 Å². The molecule has 0 spiro atoms. The van der Waals surface area contributed by atoms with Crippen molar-refractivity contribution in [1.29, 1.82) is 0 Å². The molecule has 0 bridgehead atoms. The molecule has 1 saturated carbocycles. The molecule has 1 amide bonds. The molecule has 0 aliphatic heterocycles. The van der Waals surface area contributed by atoms with Gasteiger partial charge in [0.1, 0.15) is 5.82 Å². The lowest BCUT2D eigenvalue weighted by Crippen LogP contribution is -2.55. The van der Waals surface area contributed by atoms with E-state index in [4.69, 9.17) is 5.73 Å². The van der Waals surface area contributed by atoms with E-state index >= 15 is 0 Å². The maximum absolute atomic E-state index is 13.9. The number of nitrogens with one attached hydrogen (secondary N) is 1. The van der Waals surface area contributed by atoms with E-state index in [0.29, 0.717) is 12.5 Å². The third-order valence-electron chi connectivity index (χ3n) is 4.37. The number of rotatable bonds is 3. The Morgan fingerprint density at radius 3 is 2.65 bits per heavy atom. The van der Waals surface area contributed by atoms with Gasteiger partial charge in [0.05, 0.1) is 11.1 Å². The van der Waals surface area contributed by atoms with E-state index in [0.717, 1.165) is 31.2 Å². The predicted molar refractivity (Wildman–Crippen MR) is 78.0 cm³/mol. The molecule has 0 aromatic heterocycles. The van der Waals surface area contributed by atoms with E-state index in [1.807, 2.05) is 0 Å². The van der Waals surface area contributed by atoms with Crippen LogP contribution in [0.1, 0.15) is 48.5 Å². The van der Waals surface area contributed by atoms with Gasteiger partial charge in [-0.15, -0.1) is 0 Å². The van der Waals surface area contributed by atoms with Gasteiger partial charge < -0.3 is 11.1 Å². The van der Waals surface area contributed by atoms with Gasteiger partial charge in [0.25, 0.3) is 5.91 Å². The molecule has 0 saturated heterocycles. The van der Waals surface area contributed by atoms with E-state index in [9.17, 15) is 9.18 Å². The Labute approximate surface area is 119 Å². The minimum absolute atomic E-state index is 0.0991. The summed E-state index contributed by atoms with van der Waals surface area (Å²) in [5.41, 5.74) is 6.39. The number of halogens is 1. The number of hydrogen-bond donors (Lipinski definition) is 2. The zero-order valence-corrected chi connectivity index (χ0v) is 12.2. The van der Waals surface area contributed by atoms with E-state index in [1.165, 1.54) is 12.1 Å². The van der Waals surface area contributed by atoms with Gasteiger partial charge in [-0.1, -0.05) is 13.0 Å². The zero-order chi connectivity index (χ0) is 14.8. The molecule has 4 heteroatoms. The Morgan fingerprint density at radius 1 is 1.45 bits per heavy atom. The van der Waals surface area contributed by atoms with Crippen LogP contribution in [0, 0.1) is 18.7 Å². The van der Waals surface area contributed by atoms with Gasteiger partial charge in [-0.25, -0.2) is 4.39 Å². The fourth-order valence-corrected chi connectivity index (χ4v) is 2.81. The van der Waals surface area contributed by atoms with Crippen molar-refractivity contribution >= 4 is 5.91 Å². The second-order valence-corrected chi connectivity index (χ2v) is 6.10. The Morgan fingerprint density at radius 2 is 2.10 bits per heavy atom. The predicted octanol–water partition coefficient (Wildman–Crippen LogP) is 2.77. The molecule has 1 aromatic carbocycles. The van der Waals surface area contributed by atoms with Crippen molar-refractivity contribution in [2.24, 2.45) is 11.7 Å². The van der Waals surface area contributed by atoms with E-state index in [2.05, 4.69) is 12.2 Å². The van der Waals surface area contributed by atoms with Crippen molar-refractivity contribution < 1.29 is 9.18 Å². The van der Waals surface area contributed by atoms with Crippen LogP contribution in [0.25, 0.3) is 0 Å². The van der Waals surface area contributed by atoms with Crippen LogP contribution in [0.5, 0.6) is 0 Å². The number of nitrogens with two attached hydrogens (primary N) is 1. The Balaban J connectivity index is 2.13. The number of benzene rings is 1. The van der Waals surface area contributed by atoms with Crippen LogP contribution in [0.4, 0.5) is 4.39 Å². The summed E-state index contributed by atoms with van der Waals surface area (Å²) in [5, 5.41) is 2.98. The molecule has 20 heavy (non-hydrogen) atoms. The Kier molecular flexibility index (Phi) is 4.43. The smallest absolute Gasteiger partial charge is 0.254 e. The van der Waals surface area contributed by atoms with Gasteiger partial charge >= 0.3 is 0 Å². The van der Waals surface area contributed by atoms with Crippen LogP contribution < -0.4 is 11.1 Å². The first-order valence-corrected chi connectivity index (χ1v) is 7.24. The number of hydrogen-bond acceptors (Lipinski definition) is 2. The van der Waals surface area contributed by atoms with Crippen LogP contribution in [-0.2, 0) is 0 Å². The molecule has 1 fully saturated rings. The highest BCUT2D eigenvalue weighted by Crippen LogP contribution is 2.31. The molecule has 0 radical (unpaired) electrons. The van der Waals surface area contributed by atoms with Crippen LogP contribution in [-0.4, -0.2) is 18.0 Å². The molecule has 110 valence electrons. The average molecular weight is 278 g/mol. The quantitative estimate of drug-likeness (QED) is 0.893. The maximum Gasteiger partial charge on any atom is 0.254 e. The Bertz CT molecular complexity index is 493. The van der Waals surface area contributed by atoms with Gasteiger partial charge in [0.15, 0.2) is 0 Å². The molecule has 0 atom stereocenters. The van der Waals surface area contributed by atoms with Crippen molar-refractivity contribution in [3.05, 3.63) is 35.1 Å². The lowest BCUT2D eigenvalue weighted by molar-refractivity contribution is 0.0856. The molecule has 1 aromatic rings. The second-order valence-electron chi connectivity index (χ2n) is 6.10. The first-order chi connectivity index (χ1) is 9.46. The van der Waals surface area contributed by atoms with Gasteiger partial charge in [0.2, 0.25) is 0 Å². The van der Waals surface area contributed by atoms with Gasteiger partial charge in [-0.2, -0.15) is 0 Å². The summed E-state index contributed by atoms with van der Waals surface area (Å²) in [6.45, 7) is 4.41. The van der Waals surface area contributed by atoms with Gasteiger partial charge in [0, 0.05) is 6.54 Å². The summed E-state index contributed by atoms with van der Waals surface area (Å²) < 4.78 is 13.9. The SMILES string of the molecule is Cc1ccc(C(=O)NC2(CN)CCC(C)CC2)c(F)c1. The zero-order valence-electron chi connectivity index (χ0n) is 12.2. The second kappa shape index (κ2) is 5.92. The molecule has 1 aliphatic rings. The third-order valence-corrected chi connectivity index (χ3v) is 4.37. The van der Waals surface area contributed by atoms with Crippen LogP contribution in [0.15, 0.2) is 18.2 Å². The van der Waals surface area contributed by atoms with Crippen LogP contribution in [0.3, 0.4) is 0 Å². The normalized spacial score (nSPS) is 26.3. The fraction of sp³-hybridized carbons (Fsp3) is 0.562. The maximum atomic E-state index is 13.9. The molecule has 1 aliphatic carbocycles. The highest BCUT2D eigenvalue weighted by atomic mass is 19.1. The fourth-order valence-electron chi connectivity index (χ4n) is 2.81. The molecule has 3 N–H and O–H groups in total. The molecule has 3 nitrogen and oxygen atoms in total. The highest BCUT2D eigenvalue weighted by Gasteiger charge is 2.34. The number of aryl methyl sites for hydroxylation is 1. The lowest BCUT2D eigenvalue weighted by atomic mass is 9.77. The van der Waals surface area contributed by atoms with Crippen LogP contribution >= 0.6 is 0 Å². The van der Waals surface area contributed by atoms with E-state index in [-0.39, 0.29) is 17.0 Å². The third kappa shape index (κ3) is 3.18. The molecule has 0 heterocycles. The number of carbonyl (C=O) groups excluding carboxylic acids is 1. The first kappa shape index (κ1) is 15.0. The molecular formula is C16H23FN2O. The van der Waals surface area contributed by atoms with Crippen LogP contribution in [0.2, 0.25) is 0 Å². The summed E-state index contributed by atoms with van der Waals surface area (Å²) in [6.07, 6.45) is 3.83. The minimum atomic E-state index is -0.473. The van der Waals surface area contributed by atoms with E-state index in [1.54, 1.807) is 13.0 Å². The average Bonchev–Trinajstić information content (AvgIpc) is 2.41. The number of amides is 1. The largest absolute Gasteiger partial charge is 0.345 e. The van der Waals surface area contributed by atoms with Gasteiger partial charge in [-0.05, 0) is 56.2 Å². The molecular weight excluding hydrogens is 255 g/mol. The molecule has 0 unspecified atom stereocenters. The van der Waals surface area contributed by atoms with Crippen molar-refractivity contribution in [2.45, 2.75) is 45.1 Å². The van der Waals surface area contributed by atoms with Crippen molar-refractivity contribution in [3.8, 4) is 0 Å². The number of carbonyl (C=O) groups is 1. The molecule has 2 rings (SSSR count). The minimum Gasteiger partial charge on any atom is -0.345 e. The van der Waals surface area contributed by atoms with Crippen molar-refractivity contribution in [3.63, 3.8) is 0 Å². The summed E-state index contributed by atoms with van der Waals surface area (Å²) in [6, 6.07) is 4.67. The standard InChI is InChI=1S/C16H23FN2O/c1-11-5-7-16(10-18,8-6-11)19-15(20)13-4-3-12(2)9-14(13)17/h3-4,9,11H,5-8,10,18H2,1-2H3,(H,19,20). The summed E-state index contributed by atoms with van der Waals surface area (Å²) in [7, 11) is 0. The topological polar surface area (TPSA) is 55.1 Å². The van der Waals surface area contributed by atoms with E-state index < -0.39 is 5.82 Å². The first-order valence-electron chi connectivity index (χ1n) is 7.24. The summed E-state index contributed by atoms with van der Waals surface area (Å²) in [4.78, 5) is 12.3. The monoisotopic (exact) mass is 278 g/mol. The van der Waals surface area contributed by atoms with Gasteiger partial charge in [-0.3, -0.25) is 4.79 Å². The lowest BCUT2D eigenvalue weighted by Gasteiger charge is -2.39. The highest BCUT2D eigenvalue weighted by molar-refractivity contribution is 5.95. The summed E-state index contributed by atoms with van der Waals surface area (Å²) >= 11 is 0. The van der Waals surface area contributed by atoms with Crippen molar-refractivity contribution in [1.82, 2.24) is 5.32 Å². The Hall–Kier alpha value is -1.42. The summed E-state index contributed by atoms with van der Waals surface area (Å²) in [5.74, 6) is -0.163.